The fourth-order valence-corrected chi connectivity index (χ4v) is 2.29. The van der Waals surface area contributed by atoms with E-state index in [1.54, 1.807) is 11.9 Å². The minimum absolute atomic E-state index is 0.0466. The first-order chi connectivity index (χ1) is 10.5. The summed E-state index contributed by atoms with van der Waals surface area (Å²) in [6, 6.07) is 5.74. The van der Waals surface area contributed by atoms with Crippen LogP contribution in [0.5, 0.6) is 5.75 Å². The molecule has 1 aromatic carbocycles. The molecule has 6 heteroatoms. The van der Waals surface area contributed by atoms with Gasteiger partial charge in [-0.2, -0.15) is 0 Å². The maximum atomic E-state index is 11.9. The zero-order valence-electron chi connectivity index (χ0n) is 13.3. The van der Waals surface area contributed by atoms with Gasteiger partial charge in [0.25, 0.3) is 0 Å². The van der Waals surface area contributed by atoms with Gasteiger partial charge in [-0.15, -0.1) is 0 Å². The Morgan fingerprint density at radius 2 is 2.18 bits per heavy atom. The Bertz CT molecular complexity index is 558. The van der Waals surface area contributed by atoms with Crippen molar-refractivity contribution in [3.8, 4) is 5.75 Å². The number of urea groups is 1. The Balaban J connectivity index is 1.97. The molecule has 1 aromatic rings. The van der Waals surface area contributed by atoms with Crippen molar-refractivity contribution in [1.82, 2.24) is 10.6 Å². The maximum Gasteiger partial charge on any atom is 0.314 e. The van der Waals surface area contributed by atoms with Gasteiger partial charge in [-0.25, -0.2) is 4.79 Å². The maximum absolute atomic E-state index is 11.9. The van der Waals surface area contributed by atoms with Crippen molar-refractivity contribution in [2.45, 2.75) is 32.7 Å². The Morgan fingerprint density at radius 3 is 2.91 bits per heavy atom. The first kappa shape index (κ1) is 16.1. The van der Waals surface area contributed by atoms with Crippen molar-refractivity contribution in [2.24, 2.45) is 0 Å². The molecule has 0 aliphatic carbocycles. The highest BCUT2D eigenvalue weighted by Gasteiger charge is 2.20. The van der Waals surface area contributed by atoms with Crippen molar-refractivity contribution < 1.29 is 14.3 Å². The summed E-state index contributed by atoms with van der Waals surface area (Å²) >= 11 is 0. The molecule has 0 unspecified atom stereocenters. The lowest BCUT2D eigenvalue weighted by atomic mass is 10.1. The van der Waals surface area contributed by atoms with E-state index in [9.17, 15) is 9.59 Å². The summed E-state index contributed by atoms with van der Waals surface area (Å²) in [6.45, 7) is 4.78. The molecule has 120 valence electrons. The number of hydrogen-bond acceptors (Lipinski definition) is 3. The molecule has 2 rings (SSSR count). The zero-order chi connectivity index (χ0) is 16.1. The predicted octanol–water partition coefficient (Wildman–Crippen LogP) is 1.68. The third-order valence-electron chi connectivity index (χ3n) is 3.45. The van der Waals surface area contributed by atoms with Gasteiger partial charge in [0.2, 0.25) is 5.91 Å². The van der Waals surface area contributed by atoms with Crippen LogP contribution in [-0.2, 0) is 11.2 Å². The molecule has 0 atom stereocenters. The number of fused-ring (bicyclic) bond motifs is 1. The summed E-state index contributed by atoms with van der Waals surface area (Å²) in [7, 11) is 1.76. The second-order valence-electron chi connectivity index (χ2n) is 5.66. The van der Waals surface area contributed by atoms with Crippen LogP contribution in [0, 0.1) is 0 Å². The van der Waals surface area contributed by atoms with E-state index in [2.05, 4.69) is 10.6 Å². The molecule has 2 N–H and O–H groups in total. The van der Waals surface area contributed by atoms with Crippen LogP contribution in [0.15, 0.2) is 18.2 Å². The van der Waals surface area contributed by atoms with Crippen molar-refractivity contribution in [1.29, 1.82) is 0 Å². The van der Waals surface area contributed by atoms with Crippen LogP contribution in [0.4, 0.5) is 10.5 Å². The monoisotopic (exact) mass is 305 g/mol. The standard InChI is InChI=1S/C16H23N3O3/c1-11(2)18-16(21)17-8-6-12-4-5-14-13(10-12)19(3)15(20)7-9-22-14/h4-5,10-11H,6-9H2,1-3H3,(H2,17,18,21). The van der Waals surface area contributed by atoms with Crippen molar-refractivity contribution in [3.05, 3.63) is 23.8 Å². The van der Waals surface area contributed by atoms with E-state index in [4.69, 9.17) is 4.74 Å². The van der Waals surface area contributed by atoms with Gasteiger partial charge in [0.15, 0.2) is 0 Å². The smallest absolute Gasteiger partial charge is 0.314 e. The highest BCUT2D eigenvalue weighted by Crippen LogP contribution is 2.31. The number of carbonyl (C=O) groups excluding carboxylic acids is 2. The number of rotatable bonds is 4. The molecule has 0 spiro atoms. The summed E-state index contributed by atoms with van der Waals surface area (Å²) in [5.74, 6) is 0.771. The van der Waals surface area contributed by atoms with Gasteiger partial charge in [0.1, 0.15) is 5.75 Å². The fraction of sp³-hybridized carbons (Fsp3) is 0.500. The molecule has 0 aromatic heterocycles. The summed E-state index contributed by atoms with van der Waals surface area (Å²) in [5, 5.41) is 5.59. The van der Waals surface area contributed by atoms with Gasteiger partial charge in [-0.1, -0.05) is 6.07 Å². The molecule has 22 heavy (non-hydrogen) atoms. The van der Waals surface area contributed by atoms with Gasteiger partial charge in [0, 0.05) is 19.6 Å². The quantitative estimate of drug-likeness (QED) is 0.889. The molecule has 0 saturated carbocycles. The number of carbonyl (C=O) groups is 2. The Hall–Kier alpha value is -2.24. The van der Waals surface area contributed by atoms with E-state index >= 15 is 0 Å². The lowest BCUT2D eigenvalue weighted by Gasteiger charge is -2.17. The van der Waals surface area contributed by atoms with E-state index < -0.39 is 0 Å². The number of benzene rings is 1. The Kier molecular flexibility index (Phi) is 5.25. The van der Waals surface area contributed by atoms with Gasteiger partial charge >= 0.3 is 6.03 Å². The Labute approximate surface area is 130 Å². The largest absolute Gasteiger partial charge is 0.491 e. The second-order valence-corrected chi connectivity index (χ2v) is 5.66. The molecule has 0 bridgehead atoms. The average Bonchev–Trinajstić information content (AvgIpc) is 2.59. The van der Waals surface area contributed by atoms with Crippen molar-refractivity contribution in [2.75, 3.05) is 25.1 Å². The van der Waals surface area contributed by atoms with Crippen LogP contribution < -0.4 is 20.3 Å². The molecule has 0 fully saturated rings. The summed E-state index contributed by atoms with van der Waals surface area (Å²) < 4.78 is 5.59. The van der Waals surface area contributed by atoms with Crippen LogP contribution >= 0.6 is 0 Å². The molecule has 1 aliphatic heterocycles. The first-order valence-corrected chi connectivity index (χ1v) is 7.54. The van der Waals surface area contributed by atoms with Gasteiger partial charge in [-0.05, 0) is 38.0 Å². The van der Waals surface area contributed by atoms with Crippen LogP contribution in [0.1, 0.15) is 25.8 Å². The van der Waals surface area contributed by atoms with Crippen LogP contribution in [0.3, 0.4) is 0 Å². The molecule has 0 radical (unpaired) electrons. The van der Waals surface area contributed by atoms with Gasteiger partial charge in [-0.3, -0.25) is 4.79 Å². The normalized spacial score (nSPS) is 14.2. The first-order valence-electron chi connectivity index (χ1n) is 7.54. The van der Waals surface area contributed by atoms with E-state index in [-0.39, 0.29) is 18.0 Å². The summed E-state index contributed by atoms with van der Waals surface area (Å²) in [5.41, 5.74) is 1.83. The number of hydrogen-bond donors (Lipinski definition) is 2. The molecular formula is C16H23N3O3. The van der Waals surface area contributed by atoms with Crippen LogP contribution in [0.2, 0.25) is 0 Å². The lowest BCUT2D eigenvalue weighted by molar-refractivity contribution is -0.118. The van der Waals surface area contributed by atoms with Gasteiger partial charge in [0.05, 0.1) is 18.7 Å². The molecule has 0 saturated heterocycles. The van der Waals surface area contributed by atoms with E-state index in [1.807, 2.05) is 32.0 Å². The lowest BCUT2D eigenvalue weighted by Crippen LogP contribution is -2.40. The molecule has 1 heterocycles. The van der Waals surface area contributed by atoms with E-state index in [1.165, 1.54) is 0 Å². The number of anilines is 1. The number of ether oxygens (including phenoxy) is 1. The fourth-order valence-electron chi connectivity index (χ4n) is 2.29. The minimum atomic E-state index is -0.166. The molecule has 6 nitrogen and oxygen atoms in total. The van der Waals surface area contributed by atoms with E-state index in [0.29, 0.717) is 26.0 Å². The number of nitrogens with one attached hydrogen (secondary N) is 2. The van der Waals surface area contributed by atoms with Gasteiger partial charge < -0.3 is 20.3 Å². The summed E-state index contributed by atoms with van der Waals surface area (Å²) in [6.07, 6.45) is 1.08. The van der Waals surface area contributed by atoms with Crippen LogP contribution in [0.25, 0.3) is 0 Å². The molecular weight excluding hydrogens is 282 g/mol. The molecule has 3 amide bonds. The van der Waals surface area contributed by atoms with Crippen molar-refractivity contribution >= 4 is 17.6 Å². The Morgan fingerprint density at radius 1 is 1.41 bits per heavy atom. The minimum Gasteiger partial charge on any atom is -0.491 e. The SMILES string of the molecule is CC(C)NC(=O)NCCc1ccc2c(c1)N(C)C(=O)CCO2. The topological polar surface area (TPSA) is 70.7 Å². The number of nitrogens with zero attached hydrogens (tertiary/aromatic N) is 1. The van der Waals surface area contributed by atoms with Crippen molar-refractivity contribution in [3.63, 3.8) is 0 Å². The third kappa shape index (κ3) is 4.13. The highest BCUT2D eigenvalue weighted by atomic mass is 16.5. The van der Waals surface area contributed by atoms with Crippen LogP contribution in [-0.4, -0.2) is 38.2 Å². The summed E-state index contributed by atoms with van der Waals surface area (Å²) in [4.78, 5) is 25.0. The highest BCUT2D eigenvalue weighted by molar-refractivity contribution is 5.95. The molecule has 1 aliphatic rings. The average molecular weight is 305 g/mol. The van der Waals surface area contributed by atoms with E-state index in [0.717, 1.165) is 17.0 Å². The number of amides is 3. The predicted molar refractivity (Wildman–Crippen MR) is 85.3 cm³/mol. The zero-order valence-corrected chi connectivity index (χ0v) is 13.3. The second kappa shape index (κ2) is 7.15. The third-order valence-corrected chi connectivity index (χ3v) is 3.45.